The van der Waals surface area contributed by atoms with Crippen LogP contribution in [0.1, 0.15) is 52.8 Å². The van der Waals surface area contributed by atoms with Crippen molar-refractivity contribution in [3.05, 3.63) is 62.8 Å². The normalized spacial score (nSPS) is 12.4. The zero-order valence-corrected chi connectivity index (χ0v) is 19.7. The van der Waals surface area contributed by atoms with Crippen molar-refractivity contribution in [1.29, 1.82) is 0 Å². The number of benzene rings is 1. The Morgan fingerprint density at radius 2 is 1.74 bits per heavy atom. The Hall–Kier alpha value is -3.00. The summed E-state index contributed by atoms with van der Waals surface area (Å²) in [4.78, 5) is 17.8. The second kappa shape index (κ2) is 8.63. The molecule has 8 heteroatoms. The molecule has 0 aliphatic carbocycles. The lowest BCUT2D eigenvalue weighted by atomic mass is 9.92. The van der Waals surface area contributed by atoms with Crippen LogP contribution in [0.15, 0.2) is 46.2 Å². The molecular weight excluding hydrogens is 410 g/mol. The predicted octanol–water partition coefficient (Wildman–Crippen LogP) is 4.75. The third-order valence-electron chi connectivity index (χ3n) is 5.14. The van der Waals surface area contributed by atoms with Gasteiger partial charge in [-0.3, -0.25) is 13.9 Å². The second-order valence-corrected chi connectivity index (χ2v) is 8.72. The molecule has 0 atom stereocenters. The smallest absolute Gasteiger partial charge is 0.267 e. The summed E-state index contributed by atoms with van der Waals surface area (Å²) in [5.41, 5.74) is 1.77. The highest BCUT2D eigenvalue weighted by Gasteiger charge is 2.22. The van der Waals surface area contributed by atoms with E-state index in [1.165, 1.54) is 4.57 Å². The number of para-hydroxylation sites is 1. The summed E-state index contributed by atoms with van der Waals surface area (Å²) in [5.74, 6) is 0.422. The van der Waals surface area contributed by atoms with Gasteiger partial charge in [-0.2, -0.15) is 5.10 Å². The van der Waals surface area contributed by atoms with E-state index in [0.717, 1.165) is 11.4 Å². The fourth-order valence-corrected chi connectivity index (χ4v) is 3.80. The van der Waals surface area contributed by atoms with E-state index >= 15 is 0 Å². The average molecular weight is 440 g/mol. The van der Waals surface area contributed by atoms with Crippen LogP contribution in [-0.2, 0) is 18.5 Å². The zero-order chi connectivity index (χ0) is 22.9. The molecule has 7 nitrogen and oxygen atoms in total. The van der Waals surface area contributed by atoms with Gasteiger partial charge in [-0.1, -0.05) is 39.0 Å². The first-order valence-corrected chi connectivity index (χ1v) is 10.8. The summed E-state index contributed by atoms with van der Waals surface area (Å²) in [6, 6.07) is 11.6. The van der Waals surface area contributed by atoms with Gasteiger partial charge in [0.2, 0.25) is 5.88 Å². The molecule has 0 spiro atoms. The molecule has 2 aromatic heterocycles. The van der Waals surface area contributed by atoms with Crippen LogP contribution in [-0.4, -0.2) is 29.7 Å². The summed E-state index contributed by atoms with van der Waals surface area (Å²) < 4.78 is 5.08. The predicted molar refractivity (Wildman–Crippen MR) is 127 cm³/mol. The number of hydrogen-bond acceptors (Lipinski definition) is 5. The maximum Gasteiger partial charge on any atom is 0.267 e. The molecule has 164 valence electrons. The van der Waals surface area contributed by atoms with Crippen molar-refractivity contribution in [2.45, 2.75) is 60.0 Å². The molecule has 0 fully saturated rings. The molecule has 0 aliphatic heterocycles. The topological polar surface area (TPSA) is 77.3 Å². The van der Waals surface area contributed by atoms with Crippen LogP contribution >= 0.6 is 12.2 Å². The first kappa shape index (κ1) is 22.7. The third-order valence-corrected chi connectivity index (χ3v) is 5.58. The van der Waals surface area contributed by atoms with E-state index in [0.29, 0.717) is 29.4 Å². The number of rotatable bonds is 5. The first-order valence-electron chi connectivity index (χ1n) is 10.4. The number of aromatic hydroxyl groups is 1. The van der Waals surface area contributed by atoms with E-state index < -0.39 is 0 Å². The Kier molecular flexibility index (Phi) is 6.31. The van der Waals surface area contributed by atoms with Crippen LogP contribution in [0.3, 0.4) is 0 Å². The van der Waals surface area contributed by atoms with Gasteiger partial charge < -0.3 is 5.11 Å². The van der Waals surface area contributed by atoms with Gasteiger partial charge >= 0.3 is 0 Å². The lowest BCUT2D eigenvalue weighted by Gasteiger charge is -2.15. The van der Waals surface area contributed by atoms with Crippen LogP contribution in [0.4, 0.5) is 5.82 Å². The lowest BCUT2D eigenvalue weighted by Crippen LogP contribution is -2.30. The molecule has 0 aliphatic rings. The minimum atomic E-state index is -0.349. The molecular formula is C23H29N5O2S. The van der Waals surface area contributed by atoms with E-state index in [1.807, 2.05) is 50.2 Å². The minimum Gasteiger partial charge on any atom is -0.494 e. The van der Waals surface area contributed by atoms with E-state index in [4.69, 9.17) is 22.3 Å². The molecule has 1 N–H and O–H groups in total. The average Bonchev–Trinajstić information content (AvgIpc) is 3.13. The van der Waals surface area contributed by atoms with Crippen molar-refractivity contribution in [3.8, 4) is 11.6 Å². The van der Waals surface area contributed by atoms with Crippen LogP contribution in [0.25, 0.3) is 5.69 Å². The lowest BCUT2D eigenvalue weighted by molar-refractivity contribution is 0.399. The molecule has 0 unspecified atom stereocenters. The summed E-state index contributed by atoms with van der Waals surface area (Å²) >= 11 is 5.38. The van der Waals surface area contributed by atoms with Crippen LogP contribution in [0, 0.1) is 4.77 Å². The van der Waals surface area contributed by atoms with Gasteiger partial charge in [0.15, 0.2) is 10.6 Å². The van der Waals surface area contributed by atoms with Gasteiger partial charge in [0.1, 0.15) is 5.56 Å². The van der Waals surface area contributed by atoms with Crippen LogP contribution in [0.2, 0.25) is 0 Å². The van der Waals surface area contributed by atoms with Crippen molar-refractivity contribution in [1.82, 2.24) is 18.9 Å². The Labute approximate surface area is 187 Å². The fourth-order valence-electron chi connectivity index (χ4n) is 3.37. The van der Waals surface area contributed by atoms with Gasteiger partial charge in [-0.25, -0.2) is 9.67 Å². The number of nitrogens with zero attached hydrogens (tertiary/aromatic N) is 5. The number of aliphatic imine (C=N–C) groups is 1. The highest BCUT2D eigenvalue weighted by atomic mass is 32.1. The van der Waals surface area contributed by atoms with Gasteiger partial charge in [-0.15, -0.1) is 0 Å². The summed E-state index contributed by atoms with van der Waals surface area (Å²) in [5, 5.41) is 15.6. The number of hydrogen-bond donors (Lipinski definition) is 1. The molecule has 0 bridgehead atoms. The van der Waals surface area contributed by atoms with Crippen LogP contribution < -0.4 is 5.56 Å². The Bertz CT molecular complexity index is 1240. The standard InChI is InChI=1S/C23H29N5O2S/c1-7-26-20(29)19(21(30)27(8-2)22(26)31)15(3)24-18-14-17(23(4,5)6)25-28(18)16-12-10-9-11-13-16/h9-14,29H,7-8H2,1-6H3. The Morgan fingerprint density at radius 3 is 2.29 bits per heavy atom. The van der Waals surface area contributed by atoms with E-state index in [2.05, 4.69) is 20.8 Å². The maximum absolute atomic E-state index is 13.1. The van der Waals surface area contributed by atoms with Gasteiger partial charge in [-0.05, 0) is 45.1 Å². The van der Waals surface area contributed by atoms with Crippen molar-refractivity contribution >= 4 is 23.7 Å². The van der Waals surface area contributed by atoms with Gasteiger partial charge in [0.05, 0.1) is 17.1 Å². The molecule has 3 rings (SSSR count). The van der Waals surface area contributed by atoms with Crippen molar-refractivity contribution in [2.75, 3.05) is 0 Å². The van der Waals surface area contributed by atoms with E-state index in [1.54, 1.807) is 16.2 Å². The van der Waals surface area contributed by atoms with Crippen LogP contribution in [0.5, 0.6) is 5.88 Å². The first-order chi connectivity index (χ1) is 14.6. The monoisotopic (exact) mass is 439 g/mol. The molecule has 0 amide bonds. The highest BCUT2D eigenvalue weighted by molar-refractivity contribution is 7.71. The van der Waals surface area contributed by atoms with Crippen molar-refractivity contribution in [3.63, 3.8) is 0 Å². The second-order valence-electron chi connectivity index (χ2n) is 8.36. The van der Waals surface area contributed by atoms with Gasteiger partial charge in [0, 0.05) is 24.6 Å². The third kappa shape index (κ3) is 4.25. The molecule has 2 heterocycles. The van der Waals surface area contributed by atoms with Crippen molar-refractivity contribution in [2.24, 2.45) is 4.99 Å². The molecule has 3 aromatic rings. The molecule has 31 heavy (non-hydrogen) atoms. The summed E-state index contributed by atoms with van der Waals surface area (Å²) in [6.45, 7) is 12.6. The van der Waals surface area contributed by atoms with E-state index in [9.17, 15) is 9.90 Å². The Morgan fingerprint density at radius 1 is 1.13 bits per heavy atom. The fraction of sp³-hybridized carbons (Fsp3) is 0.391. The van der Waals surface area contributed by atoms with Crippen molar-refractivity contribution < 1.29 is 5.11 Å². The molecule has 1 aromatic carbocycles. The SMILES string of the molecule is CCn1c(O)c(C(C)=Nc2cc(C(C)(C)C)nn2-c2ccccc2)c(=O)n(CC)c1=S. The number of aromatic nitrogens is 4. The van der Waals surface area contributed by atoms with E-state index in [-0.39, 0.29) is 22.4 Å². The quantitative estimate of drug-likeness (QED) is 0.460. The largest absolute Gasteiger partial charge is 0.494 e. The molecule has 0 radical (unpaired) electrons. The minimum absolute atomic E-state index is 0.149. The highest BCUT2D eigenvalue weighted by Crippen LogP contribution is 2.28. The van der Waals surface area contributed by atoms with Gasteiger partial charge in [0.25, 0.3) is 5.56 Å². The summed E-state index contributed by atoms with van der Waals surface area (Å²) in [7, 11) is 0. The summed E-state index contributed by atoms with van der Waals surface area (Å²) in [6.07, 6.45) is 0. The Balaban J connectivity index is 2.27. The molecule has 0 saturated carbocycles. The molecule has 0 saturated heterocycles. The maximum atomic E-state index is 13.1. The zero-order valence-electron chi connectivity index (χ0n) is 18.9.